The van der Waals surface area contributed by atoms with Gasteiger partial charge < -0.3 is 25.2 Å². The average molecular weight is 916 g/mol. The maximum Gasteiger partial charge on any atom is 0.417 e. The molecular weight excluding hydrogens is 853 g/mol. The minimum Gasteiger partial charge on any atom is -0.489 e. The zero-order valence-electron chi connectivity index (χ0n) is 36.9. The fraction of sp³-hybridized carbons (Fsp3) is 0.587. The van der Waals surface area contributed by atoms with E-state index in [1.165, 1.54) is 16.9 Å². The van der Waals surface area contributed by atoms with E-state index < -0.39 is 21.8 Å². The Balaban J connectivity index is 0.792. The lowest BCUT2D eigenvalue weighted by Crippen LogP contribution is -2.74. The van der Waals surface area contributed by atoms with Gasteiger partial charge in [0.25, 0.3) is 5.91 Å². The maximum atomic E-state index is 13.4. The van der Waals surface area contributed by atoms with E-state index in [0.29, 0.717) is 53.6 Å². The molecule has 0 bridgehead atoms. The Morgan fingerprint density at radius 3 is 2.11 bits per heavy atom. The number of halogens is 4. The minimum absolute atomic E-state index is 0.0432. The second-order valence-electron chi connectivity index (χ2n) is 18.2. The van der Waals surface area contributed by atoms with Gasteiger partial charge in [-0.05, 0) is 81.4 Å². The number of piperazine rings is 2. The first kappa shape index (κ1) is 48.3. The van der Waals surface area contributed by atoms with Gasteiger partial charge >= 0.3 is 6.18 Å². The van der Waals surface area contributed by atoms with E-state index >= 15 is 0 Å². The summed E-state index contributed by atoms with van der Waals surface area (Å²) < 4.78 is 72.8. The number of nitrogens with zero attached hydrogens (tertiary/aromatic N) is 6. The van der Waals surface area contributed by atoms with Gasteiger partial charge in [-0.2, -0.15) is 22.7 Å². The molecule has 0 atom stereocenters. The van der Waals surface area contributed by atoms with Gasteiger partial charge in [-0.25, -0.2) is 8.42 Å². The molecule has 3 aromatic rings. The normalized spacial score (nSPS) is 20.5. The first-order valence-electron chi connectivity index (χ1n) is 22.1. The van der Waals surface area contributed by atoms with E-state index in [4.69, 9.17) is 16.3 Å². The topological polar surface area (TPSA) is 134 Å². The van der Waals surface area contributed by atoms with Gasteiger partial charge in [0.2, 0.25) is 10.0 Å². The maximum absolute atomic E-state index is 13.4. The summed E-state index contributed by atoms with van der Waals surface area (Å²) in [7, 11) is -3.44. The van der Waals surface area contributed by atoms with Gasteiger partial charge in [-0.3, -0.25) is 14.7 Å². The number of aromatic nitrogens is 1. The minimum atomic E-state index is -4.48. The third-order valence-corrected chi connectivity index (χ3v) is 15.2. The summed E-state index contributed by atoms with van der Waals surface area (Å²) in [4.78, 5) is 23.8. The molecule has 2 aromatic carbocycles. The molecule has 17 heteroatoms. The second kappa shape index (κ2) is 20.8. The Hall–Kier alpha value is -4.14. The first-order chi connectivity index (χ1) is 29.9. The number of sulfonamides is 1. The fourth-order valence-corrected chi connectivity index (χ4v) is 11.3. The Labute approximate surface area is 376 Å². The van der Waals surface area contributed by atoms with Crippen molar-refractivity contribution >= 4 is 38.9 Å². The van der Waals surface area contributed by atoms with Crippen LogP contribution in [0.4, 0.5) is 24.5 Å². The van der Waals surface area contributed by atoms with Crippen molar-refractivity contribution in [2.75, 3.05) is 87.5 Å². The molecule has 12 nitrogen and oxygen atoms in total. The van der Waals surface area contributed by atoms with Crippen LogP contribution in [0.1, 0.15) is 87.7 Å². The molecule has 0 spiro atoms. The van der Waals surface area contributed by atoms with Crippen LogP contribution in [0.5, 0.6) is 5.75 Å². The van der Waals surface area contributed by atoms with Crippen molar-refractivity contribution < 1.29 is 31.1 Å². The Kier molecular flexibility index (Phi) is 15.9. The zero-order valence-corrected chi connectivity index (χ0v) is 38.5. The summed E-state index contributed by atoms with van der Waals surface area (Å²) >= 11 is 6.24. The van der Waals surface area contributed by atoms with Crippen LogP contribution >= 0.6 is 11.6 Å². The molecule has 3 heterocycles. The van der Waals surface area contributed by atoms with E-state index in [1.54, 1.807) is 23.1 Å². The number of nitrogens with one attached hydrogen (secondary N) is 2. The Bertz CT molecular complexity index is 2140. The van der Waals surface area contributed by atoms with Gasteiger partial charge in [-0.15, -0.1) is 0 Å². The number of benzene rings is 2. The molecule has 1 saturated carbocycles. The van der Waals surface area contributed by atoms with Crippen LogP contribution in [0.3, 0.4) is 0 Å². The highest BCUT2D eigenvalue weighted by Crippen LogP contribution is 2.55. The molecule has 1 aromatic heterocycles. The standard InChI is InChI=1S/C46H62ClF3N8O4S/c1-44(2)42(45(3,4)43(44)62-39-16-13-35(31-51)40(47)30-39)54-41(59)34-11-14-37(15-12-34)56-22-20-55(21-23-56)19-9-7-5-6-8-17-52-18-10-28-63(60,61)58-26-24-57(25-27-58)38-29-36(32-53-33-38)46(48,49)50/h11-16,29-30,32-33,42-43,52H,5-10,17-28H2,1-4H3,(H,54,59). The van der Waals surface area contributed by atoms with Gasteiger partial charge in [-0.1, -0.05) is 58.6 Å². The Morgan fingerprint density at radius 1 is 0.841 bits per heavy atom. The number of anilines is 2. The smallest absolute Gasteiger partial charge is 0.417 e. The van der Waals surface area contributed by atoms with Gasteiger partial charge in [0.05, 0.1) is 33.8 Å². The van der Waals surface area contributed by atoms with Crippen molar-refractivity contribution in [2.24, 2.45) is 10.8 Å². The molecule has 1 amide bonds. The van der Waals surface area contributed by atoms with Crippen molar-refractivity contribution in [2.45, 2.75) is 84.5 Å². The third-order valence-electron chi connectivity index (χ3n) is 12.9. The quantitative estimate of drug-likeness (QED) is 0.117. The number of carbonyl (C=O) groups excluding carboxylic acids is 1. The van der Waals surface area contributed by atoms with Crippen molar-refractivity contribution in [1.82, 2.24) is 24.8 Å². The summed E-state index contributed by atoms with van der Waals surface area (Å²) in [5.74, 6) is 0.535. The summed E-state index contributed by atoms with van der Waals surface area (Å²) in [5, 5.41) is 16.2. The van der Waals surface area contributed by atoms with Crippen LogP contribution in [0.15, 0.2) is 60.9 Å². The number of unbranched alkanes of at least 4 members (excludes halogenated alkanes) is 4. The molecule has 3 fully saturated rings. The van der Waals surface area contributed by atoms with Crippen LogP contribution in [-0.4, -0.2) is 118 Å². The molecule has 344 valence electrons. The molecule has 2 saturated heterocycles. The number of rotatable bonds is 19. The third kappa shape index (κ3) is 12.2. The second-order valence-corrected chi connectivity index (χ2v) is 20.7. The Morgan fingerprint density at radius 2 is 1.46 bits per heavy atom. The van der Waals surface area contributed by atoms with E-state index in [-0.39, 0.29) is 47.7 Å². The number of hydrogen-bond donors (Lipinski definition) is 2. The lowest BCUT2D eigenvalue weighted by molar-refractivity contribution is -0.164. The fourth-order valence-electron chi connectivity index (χ4n) is 9.59. The van der Waals surface area contributed by atoms with Crippen LogP contribution in [0.2, 0.25) is 5.02 Å². The van der Waals surface area contributed by atoms with Crippen LogP contribution in [0, 0.1) is 22.2 Å². The zero-order chi connectivity index (χ0) is 45.4. The van der Waals surface area contributed by atoms with E-state index in [0.717, 1.165) is 82.9 Å². The number of carbonyl (C=O) groups is 1. The SMILES string of the molecule is CC1(C)C(NC(=O)c2ccc(N3CCN(CCCCCCCNCCCS(=O)(=O)N4CCN(c5cncc(C(F)(F)F)c5)CC4)CC3)cc2)C(C)(C)C1Oc1ccc(C#N)c(Cl)c1. The highest BCUT2D eigenvalue weighted by atomic mass is 35.5. The number of nitriles is 1. The van der Waals surface area contributed by atoms with Gasteiger partial charge in [0.1, 0.15) is 17.9 Å². The molecular formula is C46H62ClF3N8O4S. The molecule has 2 N–H and O–H groups in total. The van der Waals surface area contributed by atoms with E-state index in [9.17, 15) is 31.6 Å². The van der Waals surface area contributed by atoms with Crippen molar-refractivity contribution in [3.05, 3.63) is 82.6 Å². The molecule has 0 unspecified atom stereocenters. The first-order valence-corrected chi connectivity index (χ1v) is 24.1. The van der Waals surface area contributed by atoms with Gasteiger partial charge in [0.15, 0.2) is 0 Å². The summed E-state index contributed by atoms with van der Waals surface area (Å²) in [6.45, 7) is 15.9. The monoisotopic (exact) mass is 914 g/mol. The number of alkyl halides is 3. The number of amides is 1. The molecule has 0 radical (unpaired) electrons. The summed E-state index contributed by atoms with van der Waals surface area (Å²) in [6, 6.07) is 16.0. The molecule has 3 aliphatic rings. The lowest BCUT2D eigenvalue weighted by Gasteiger charge is -2.63. The molecule has 1 aliphatic carbocycles. The van der Waals surface area contributed by atoms with Crippen LogP contribution in [0.25, 0.3) is 0 Å². The number of hydrogen-bond acceptors (Lipinski definition) is 10. The van der Waals surface area contributed by atoms with E-state index in [2.05, 4.69) is 59.2 Å². The average Bonchev–Trinajstić information content (AvgIpc) is 3.26. The molecule has 2 aliphatic heterocycles. The van der Waals surface area contributed by atoms with E-state index in [1.807, 2.05) is 24.3 Å². The largest absolute Gasteiger partial charge is 0.489 e. The van der Waals surface area contributed by atoms with Crippen molar-refractivity contribution in [1.29, 1.82) is 5.26 Å². The van der Waals surface area contributed by atoms with Gasteiger partial charge in [0, 0.05) is 92.7 Å². The molecule has 63 heavy (non-hydrogen) atoms. The van der Waals surface area contributed by atoms with Crippen LogP contribution in [-0.2, 0) is 16.2 Å². The predicted octanol–water partition coefficient (Wildman–Crippen LogP) is 7.44. The molecule has 6 rings (SSSR count). The highest BCUT2D eigenvalue weighted by Gasteiger charge is 2.64. The predicted molar refractivity (Wildman–Crippen MR) is 242 cm³/mol. The van der Waals surface area contributed by atoms with Crippen LogP contribution < -0.4 is 25.2 Å². The highest BCUT2D eigenvalue weighted by molar-refractivity contribution is 7.89. The summed E-state index contributed by atoms with van der Waals surface area (Å²) in [5.41, 5.74) is 0.986. The van der Waals surface area contributed by atoms with Crippen molar-refractivity contribution in [3.8, 4) is 11.8 Å². The lowest BCUT2D eigenvalue weighted by atomic mass is 9.49. The number of pyridine rings is 1. The summed E-state index contributed by atoms with van der Waals surface area (Å²) in [6.07, 6.45) is 3.69. The van der Waals surface area contributed by atoms with Crippen molar-refractivity contribution in [3.63, 3.8) is 0 Å². The number of ether oxygens (including phenoxy) is 1.